The number of hydrogen-bond donors (Lipinski definition) is 2. The molecule has 8 heteroatoms. The Labute approximate surface area is 222 Å². The Bertz CT molecular complexity index is 1470. The van der Waals surface area contributed by atoms with Crippen molar-refractivity contribution in [3.05, 3.63) is 46.9 Å². The van der Waals surface area contributed by atoms with Crippen molar-refractivity contribution >= 4 is 39.2 Å². The lowest BCUT2D eigenvalue weighted by molar-refractivity contribution is 0.126. The number of nitrogens with one attached hydrogen (secondary N) is 2. The highest BCUT2D eigenvalue weighted by molar-refractivity contribution is 6.35. The van der Waals surface area contributed by atoms with Crippen LogP contribution in [-0.2, 0) is 0 Å². The maximum atomic E-state index is 7.05. The highest BCUT2D eigenvalue weighted by Crippen LogP contribution is 2.42. The molecule has 2 N–H and O–H groups in total. The Morgan fingerprint density at radius 3 is 2.51 bits per heavy atom. The van der Waals surface area contributed by atoms with E-state index in [1.165, 1.54) is 18.4 Å². The predicted octanol–water partition coefficient (Wildman–Crippen LogP) is 5.13. The van der Waals surface area contributed by atoms with Crippen LogP contribution in [-0.4, -0.2) is 71.4 Å². The molecule has 3 saturated heterocycles. The van der Waals surface area contributed by atoms with E-state index in [1.54, 1.807) is 0 Å². The molecule has 4 aromatic rings. The summed E-state index contributed by atoms with van der Waals surface area (Å²) in [6.07, 6.45) is 6.52. The number of aromatic nitrogens is 4. The van der Waals surface area contributed by atoms with Crippen molar-refractivity contribution < 1.29 is 0 Å². The summed E-state index contributed by atoms with van der Waals surface area (Å²) in [5.74, 6) is 2.45. The van der Waals surface area contributed by atoms with Gasteiger partial charge in [-0.3, -0.25) is 5.10 Å². The van der Waals surface area contributed by atoms with Crippen molar-refractivity contribution in [2.75, 3.05) is 51.2 Å². The van der Waals surface area contributed by atoms with Gasteiger partial charge in [0.15, 0.2) is 0 Å². The fraction of sp³-hybridized carbons (Fsp3) is 0.483. The molecule has 2 aromatic carbocycles. The lowest BCUT2D eigenvalue weighted by Gasteiger charge is -2.48. The number of piperidine rings is 2. The fourth-order valence-corrected chi connectivity index (χ4v) is 6.80. The average molecular weight is 516 g/mol. The number of benzene rings is 2. The molecular weight excluding hydrogens is 482 g/mol. The molecule has 1 spiro atoms. The van der Waals surface area contributed by atoms with E-state index in [0.29, 0.717) is 11.3 Å². The zero-order chi connectivity index (χ0) is 25.1. The molecule has 0 amide bonds. The van der Waals surface area contributed by atoms with Crippen LogP contribution in [0, 0.1) is 12.3 Å². The van der Waals surface area contributed by atoms with Gasteiger partial charge >= 0.3 is 0 Å². The maximum Gasteiger partial charge on any atom is 0.140 e. The van der Waals surface area contributed by atoms with Gasteiger partial charge in [-0.05, 0) is 87.5 Å². The smallest absolute Gasteiger partial charge is 0.140 e. The molecule has 0 unspecified atom stereocenters. The third-order valence-electron chi connectivity index (χ3n) is 9.09. The van der Waals surface area contributed by atoms with Gasteiger partial charge in [0.05, 0.1) is 17.2 Å². The van der Waals surface area contributed by atoms with E-state index in [0.717, 1.165) is 102 Å². The minimum Gasteiger partial charge on any atom is -0.356 e. The van der Waals surface area contributed by atoms with E-state index in [1.807, 2.05) is 6.20 Å². The molecule has 192 valence electrons. The molecule has 0 atom stereocenters. The summed E-state index contributed by atoms with van der Waals surface area (Å²) in [6, 6.07) is 8.50. The van der Waals surface area contributed by atoms with Crippen molar-refractivity contribution in [2.45, 2.75) is 38.5 Å². The number of aromatic amines is 1. The van der Waals surface area contributed by atoms with Crippen molar-refractivity contribution in [3.63, 3.8) is 0 Å². The summed E-state index contributed by atoms with van der Waals surface area (Å²) in [5, 5.41) is 13.8. The van der Waals surface area contributed by atoms with E-state index >= 15 is 0 Å². The molecule has 7 nitrogen and oxygen atoms in total. The maximum absolute atomic E-state index is 7.05. The molecule has 3 aliphatic rings. The number of halogens is 1. The fourth-order valence-electron chi connectivity index (χ4n) is 6.54. The van der Waals surface area contributed by atoms with Gasteiger partial charge in [-0.1, -0.05) is 17.7 Å². The lowest BCUT2D eigenvalue weighted by atomic mass is 9.73. The van der Waals surface area contributed by atoms with Crippen molar-refractivity contribution in [1.82, 2.24) is 30.4 Å². The third kappa shape index (κ3) is 3.99. The van der Waals surface area contributed by atoms with Gasteiger partial charge < -0.3 is 15.1 Å². The second-order valence-corrected chi connectivity index (χ2v) is 11.9. The Hall–Kier alpha value is -2.74. The zero-order valence-electron chi connectivity index (χ0n) is 21.6. The van der Waals surface area contributed by atoms with E-state index in [-0.39, 0.29) is 0 Å². The average Bonchev–Trinajstić information content (AvgIpc) is 3.37. The monoisotopic (exact) mass is 515 g/mol. The van der Waals surface area contributed by atoms with Crippen LogP contribution in [0.15, 0.2) is 30.5 Å². The minimum absolute atomic E-state index is 0.393. The first-order chi connectivity index (χ1) is 18.0. The predicted molar refractivity (Wildman–Crippen MR) is 151 cm³/mol. The molecule has 37 heavy (non-hydrogen) atoms. The second-order valence-electron chi connectivity index (χ2n) is 11.5. The van der Waals surface area contributed by atoms with Gasteiger partial charge in [-0.25, -0.2) is 9.97 Å². The standard InChI is InChI=1S/C29H34ClN7/c1-18-3-4-24-22(15-32-35-24)26(18)20-14-25-21(13-23(20)30)28(37-11-7-29(8-12-37)16-31-17-29)34-27(33-25)19-5-9-36(2)10-6-19/h3-4,13-15,19,31H,5-12,16-17H2,1-2H3,(H,32,35). The number of nitrogens with zero attached hydrogens (tertiary/aromatic N) is 5. The number of rotatable bonds is 3. The molecule has 0 aliphatic carbocycles. The summed E-state index contributed by atoms with van der Waals surface area (Å²) in [7, 11) is 2.20. The number of aryl methyl sites for hydroxylation is 1. The number of likely N-dealkylation sites (tertiary alicyclic amines) is 1. The first-order valence-electron chi connectivity index (χ1n) is 13.6. The van der Waals surface area contributed by atoms with Gasteiger partial charge in [-0.15, -0.1) is 0 Å². The lowest BCUT2D eigenvalue weighted by Crippen LogP contribution is -2.58. The summed E-state index contributed by atoms with van der Waals surface area (Å²) in [4.78, 5) is 15.4. The number of anilines is 1. The van der Waals surface area contributed by atoms with Crippen LogP contribution >= 0.6 is 11.6 Å². The van der Waals surface area contributed by atoms with E-state index in [9.17, 15) is 0 Å². The van der Waals surface area contributed by atoms with Gasteiger partial charge in [0, 0.05) is 53.5 Å². The molecule has 0 radical (unpaired) electrons. The molecule has 0 bridgehead atoms. The van der Waals surface area contributed by atoms with E-state index in [2.05, 4.69) is 63.6 Å². The summed E-state index contributed by atoms with van der Waals surface area (Å²) in [5.41, 5.74) is 5.80. The van der Waals surface area contributed by atoms with E-state index < -0.39 is 0 Å². The summed E-state index contributed by atoms with van der Waals surface area (Å²) < 4.78 is 0. The van der Waals surface area contributed by atoms with Crippen LogP contribution in [0.1, 0.15) is 43.0 Å². The van der Waals surface area contributed by atoms with Gasteiger partial charge in [0.2, 0.25) is 0 Å². The zero-order valence-corrected chi connectivity index (χ0v) is 22.4. The van der Waals surface area contributed by atoms with Crippen LogP contribution < -0.4 is 10.2 Å². The van der Waals surface area contributed by atoms with Crippen LogP contribution in [0.2, 0.25) is 5.02 Å². The van der Waals surface area contributed by atoms with Crippen molar-refractivity contribution in [3.8, 4) is 11.1 Å². The van der Waals surface area contributed by atoms with Gasteiger partial charge in [-0.2, -0.15) is 5.10 Å². The Balaban J connectivity index is 1.37. The topological polar surface area (TPSA) is 73.0 Å². The van der Waals surface area contributed by atoms with Crippen molar-refractivity contribution in [2.24, 2.45) is 5.41 Å². The molecule has 5 heterocycles. The van der Waals surface area contributed by atoms with E-state index in [4.69, 9.17) is 21.6 Å². The molecule has 3 fully saturated rings. The molecule has 2 aromatic heterocycles. The Kier molecular flexibility index (Phi) is 5.64. The number of H-pyrrole nitrogens is 1. The minimum atomic E-state index is 0.393. The largest absolute Gasteiger partial charge is 0.356 e. The van der Waals surface area contributed by atoms with Gasteiger partial charge in [0.25, 0.3) is 0 Å². The van der Waals surface area contributed by atoms with Crippen LogP contribution in [0.5, 0.6) is 0 Å². The summed E-state index contributed by atoms with van der Waals surface area (Å²) in [6.45, 7) is 8.69. The molecule has 7 rings (SSSR count). The molecular formula is C29H34ClN7. The number of fused-ring (bicyclic) bond motifs is 2. The first kappa shape index (κ1) is 23.4. The first-order valence-corrected chi connectivity index (χ1v) is 14.0. The van der Waals surface area contributed by atoms with Gasteiger partial charge in [0.1, 0.15) is 11.6 Å². The van der Waals surface area contributed by atoms with Crippen molar-refractivity contribution in [1.29, 1.82) is 0 Å². The Morgan fingerprint density at radius 1 is 1.00 bits per heavy atom. The quantitative estimate of drug-likeness (QED) is 0.394. The normalized spacial score (nSPS) is 20.7. The van der Waals surface area contributed by atoms with Crippen LogP contribution in [0.25, 0.3) is 32.9 Å². The van der Waals surface area contributed by atoms with Crippen LogP contribution in [0.3, 0.4) is 0 Å². The van der Waals surface area contributed by atoms with Crippen LogP contribution in [0.4, 0.5) is 5.82 Å². The molecule has 3 aliphatic heterocycles. The molecule has 0 saturated carbocycles. The second kappa shape index (κ2) is 8.93. The third-order valence-corrected chi connectivity index (χ3v) is 9.40. The SMILES string of the molecule is Cc1ccc2[nH]ncc2c1-c1cc2nc(C3CCN(C)CC3)nc(N3CCC4(CC3)CNC4)c2cc1Cl. The summed E-state index contributed by atoms with van der Waals surface area (Å²) >= 11 is 7.05. The Morgan fingerprint density at radius 2 is 1.78 bits per heavy atom. The highest BCUT2D eigenvalue weighted by atomic mass is 35.5. The number of hydrogen-bond acceptors (Lipinski definition) is 6. The highest BCUT2D eigenvalue weighted by Gasteiger charge is 2.40.